The number of carbonyl (C=O) groups is 2. The molecular weight excluding hydrogens is 506 g/mol. The molecule has 3 heterocycles. The highest BCUT2D eigenvalue weighted by molar-refractivity contribution is 5.97. The lowest BCUT2D eigenvalue weighted by atomic mass is 9.86. The number of nitrogens with one attached hydrogen (secondary N) is 1. The number of hydrogen-bond acceptors (Lipinski definition) is 5. The summed E-state index contributed by atoms with van der Waals surface area (Å²) in [5.74, 6) is 1.94. The summed E-state index contributed by atoms with van der Waals surface area (Å²) in [6.45, 7) is 2.96. The average Bonchev–Trinajstić information content (AvgIpc) is 3.36. The Kier molecular flexibility index (Phi) is 6.84. The number of methoxy groups -OCH3 is 2. The molecule has 1 fully saturated rings. The molecular formula is C32H33N3O5. The van der Waals surface area contributed by atoms with E-state index >= 15 is 0 Å². The van der Waals surface area contributed by atoms with Crippen LogP contribution in [0.25, 0.3) is 10.9 Å². The molecule has 2 amide bonds. The number of nitrogens with zero attached hydrogens (tertiary/aromatic N) is 2. The molecule has 0 spiro atoms. The second kappa shape index (κ2) is 10.6. The monoisotopic (exact) mass is 539 g/mol. The number of para-hydroxylation sites is 1. The standard InChI is InChI=1S/C32H33N3O5/c1-4-40-27-14-11-21(17-28(27)39-3)31-30-24(23-7-5-6-8-25(23)33-30)18-26-32(37)34(19-29(36)35(26)31)16-15-20-9-12-22(38-2)13-10-20/h5-14,17,26,31,33H,4,15-16,18-19H2,1-3H3/t26-,31?/m0/s1. The Balaban J connectivity index is 1.37. The summed E-state index contributed by atoms with van der Waals surface area (Å²) in [6, 6.07) is 20.6. The summed E-state index contributed by atoms with van der Waals surface area (Å²) in [5.41, 5.74) is 4.96. The third kappa shape index (κ3) is 4.43. The molecule has 8 heteroatoms. The van der Waals surface area contributed by atoms with Crippen LogP contribution < -0.4 is 14.2 Å². The van der Waals surface area contributed by atoms with Crippen LogP contribution in [0, 0.1) is 0 Å². The fourth-order valence-corrected chi connectivity index (χ4v) is 6.04. The number of amides is 2. The van der Waals surface area contributed by atoms with E-state index in [2.05, 4.69) is 11.1 Å². The van der Waals surface area contributed by atoms with E-state index in [9.17, 15) is 9.59 Å². The molecule has 1 aromatic heterocycles. The Morgan fingerprint density at radius 3 is 2.50 bits per heavy atom. The van der Waals surface area contributed by atoms with E-state index in [0.717, 1.165) is 39.0 Å². The Morgan fingerprint density at radius 1 is 0.950 bits per heavy atom. The van der Waals surface area contributed by atoms with Gasteiger partial charge in [-0.3, -0.25) is 9.59 Å². The first kappa shape index (κ1) is 25.8. The van der Waals surface area contributed by atoms with Gasteiger partial charge in [-0.2, -0.15) is 0 Å². The van der Waals surface area contributed by atoms with Crippen LogP contribution >= 0.6 is 0 Å². The van der Waals surface area contributed by atoms with E-state index in [0.29, 0.717) is 37.5 Å². The predicted molar refractivity (Wildman–Crippen MR) is 152 cm³/mol. The lowest BCUT2D eigenvalue weighted by Gasteiger charge is -2.47. The molecule has 2 atom stereocenters. The molecule has 1 unspecified atom stereocenters. The summed E-state index contributed by atoms with van der Waals surface area (Å²) in [5, 5.41) is 1.08. The van der Waals surface area contributed by atoms with E-state index in [1.165, 1.54) is 0 Å². The number of hydrogen-bond donors (Lipinski definition) is 1. The van der Waals surface area contributed by atoms with E-state index in [4.69, 9.17) is 14.2 Å². The zero-order valence-electron chi connectivity index (χ0n) is 23.0. The molecule has 3 aromatic carbocycles. The maximum Gasteiger partial charge on any atom is 0.246 e. The van der Waals surface area contributed by atoms with Gasteiger partial charge in [0.05, 0.1) is 33.4 Å². The number of H-pyrrole nitrogens is 1. The molecule has 1 saturated heterocycles. The minimum absolute atomic E-state index is 0.0213. The predicted octanol–water partition coefficient (Wildman–Crippen LogP) is 4.51. The first-order valence-corrected chi connectivity index (χ1v) is 13.7. The molecule has 0 radical (unpaired) electrons. The normalized spacial score (nSPS) is 18.5. The maximum atomic E-state index is 14.0. The molecule has 2 aliphatic rings. The Bertz CT molecular complexity index is 1560. The molecule has 0 bridgehead atoms. The molecule has 0 saturated carbocycles. The lowest BCUT2D eigenvalue weighted by molar-refractivity contribution is -0.158. The van der Waals surface area contributed by atoms with Gasteiger partial charge in [-0.15, -0.1) is 0 Å². The SMILES string of the molecule is CCOc1ccc(C2c3[nH]c4ccccc4c3C[C@H]3C(=O)N(CCc4ccc(OC)cc4)CC(=O)N23)cc1OC. The van der Waals surface area contributed by atoms with Gasteiger partial charge in [-0.05, 0) is 60.4 Å². The van der Waals surface area contributed by atoms with Gasteiger partial charge in [0.25, 0.3) is 0 Å². The number of benzene rings is 3. The van der Waals surface area contributed by atoms with Crippen molar-refractivity contribution in [2.75, 3.05) is 33.9 Å². The second-order valence-corrected chi connectivity index (χ2v) is 10.2. The summed E-state index contributed by atoms with van der Waals surface area (Å²) >= 11 is 0. The minimum atomic E-state index is -0.591. The second-order valence-electron chi connectivity index (χ2n) is 10.2. The number of piperazine rings is 1. The van der Waals surface area contributed by atoms with Crippen LogP contribution in [0.3, 0.4) is 0 Å². The minimum Gasteiger partial charge on any atom is -0.497 e. The van der Waals surface area contributed by atoms with E-state index in [1.54, 1.807) is 24.0 Å². The fraction of sp³-hybridized carbons (Fsp3) is 0.312. The lowest BCUT2D eigenvalue weighted by Crippen LogP contribution is -2.63. The average molecular weight is 540 g/mol. The van der Waals surface area contributed by atoms with Gasteiger partial charge < -0.3 is 29.0 Å². The third-order valence-corrected chi connectivity index (χ3v) is 7.98. The highest BCUT2D eigenvalue weighted by Gasteiger charge is 2.48. The van der Waals surface area contributed by atoms with Crippen molar-refractivity contribution < 1.29 is 23.8 Å². The summed E-state index contributed by atoms with van der Waals surface area (Å²) < 4.78 is 16.6. The fourth-order valence-electron chi connectivity index (χ4n) is 6.04. The van der Waals surface area contributed by atoms with Crippen LogP contribution in [-0.2, 0) is 22.4 Å². The van der Waals surface area contributed by atoms with Gasteiger partial charge in [0.15, 0.2) is 11.5 Å². The molecule has 206 valence electrons. The van der Waals surface area contributed by atoms with Crippen molar-refractivity contribution in [3.63, 3.8) is 0 Å². The van der Waals surface area contributed by atoms with Crippen molar-refractivity contribution in [3.8, 4) is 17.2 Å². The quantitative estimate of drug-likeness (QED) is 0.356. The number of aromatic amines is 1. The number of ether oxygens (including phenoxy) is 3. The number of rotatable bonds is 8. The number of carbonyl (C=O) groups excluding carboxylic acids is 2. The third-order valence-electron chi connectivity index (χ3n) is 7.98. The van der Waals surface area contributed by atoms with Crippen molar-refractivity contribution in [1.82, 2.24) is 14.8 Å². The maximum absolute atomic E-state index is 14.0. The zero-order chi connectivity index (χ0) is 27.8. The van der Waals surface area contributed by atoms with Crippen molar-refractivity contribution in [1.29, 1.82) is 0 Å². The van der Waals surface area contributed by atoms with Gasteiger partial charge in [0, 0.05) is 29.6 Å². The summed E-state index contributed by atoms with van der Waals surface area (Å²) in [4.78, 5) is 34.9. The van der Waals surface area contributed by atoms with Gasteiger partial charge in [-0.25, -0.2) is 0 Å². The number of aromatic nitrogens is 1. The first-order valence-electron chi connectivity index (χ1n) is 13.7. The van der Waals surface area contributed by atoms with Crippen LogP contribution in [0.1, 0.15) is 35.3 Å². The van der Waals surface area contributed by atoms with Gasteiger partial charge in [0.2, 0.25) is 11.8 Å². The Morgan fingerprint density at radius 2 is 1.75 bits per heavy atom. The van der Waals surface area contributed by atoms with Crippen molar-refractivity contribution in [2.45, 2.75) is 31.8 Å². The summed E-state index contributed by atoms with van der Waals surface area (Å²) in [6.07, 6.45) is 1.13. The van der Waals surface area contributed by atoms with Crippen LogP contribution in [0.5, 0.6) is 17.2 Å². The van der Waals surface area contributed by atoms with Crippen LogP contribution in [0.2, 0.25) is 0 Å². The van der Waals surface area contributed by atoms with Gasteiger partial charge in [-0.1, -0.05) is 36.4 Å². The summed E-state index contributed by atoms with van der Waals surface area (Å²) in [7, 11) is 3.24. The van der Waals surface area contributed by atoms with E-state index in [-0.39, 0.29) is 18.4 Å². The molecule has 1 N–H and O–H groups in total. The number of fused-ring (bicyclic) bond motifs is 4. The molecule has 6 rings (SSSR count). The largest absolute Gasteiger partial charge is 0.497 e. The molecule has 40 heavy (non-hydrogen) atoms. The highest BCUT2D eigenvalue weighted by atomic mass is 16.5. The Hall–Kier alpha value is -4.46. The van der Waals surface area contributed by atoms with Crippen LogP contribution in [0.15, 0.2) is 66.7 Å². The molecule has 8 nitrogen and oxygen atoms in total. The first-order chi connectivity index (χ1) is 19.5. The van der Waals surface area contributed by atoms with Gasteiger partial charge in [0.1, 0.15) is 11.8 Å². The van der Waals surface area contributed by atoms with Crippen molar-refractivity contribution in [2.24, 2.45) is 0 Å². The van der Waals surface area contributed by atoms with Crippen molar-refractivity contribution >= 4 is 22.7 Å². The van der Waals surface area contributed by atoms with E-state index in [1.807, 2.05) is 67.6 Å². The molecule has 2 aliphatic heterocycles. The topological polar surface area (TPSA) is 84.1 Å². The highest BCUT2D eigenvalue weighted by Crippen LogP contribution is 2.44. The van der Waals surface area contributed by atoms with E-state index < -0.39 is 12.1 Å². The molecule has 0 aliphatic carbocycles. The Labute approximate surface area is 233 Å². The smallest absolute Gasteiger partial charge is 0.246 e. The van der Waals surface area contributed by atoms with Crippen molar-refractivity contribution in [3.05, 3.63) is 89.1 Å². The van der Waals surface area contributed by atoms with Crippen LogP contribution in [0.4, 0.5) is 0 Å². The zero-order valence-corrected chi connectivity index (χ0v) is 23.0. The van der Waals surface area contributed by atoms with Crippen LogP contribution in [-0.4, -0.2) is 66.6 Å². The van der Waals surface area contributed by atoms with Gasteiger partial charge >= 0.3 is 0 Å². The molecule has 4 aromatic rings.